The van der Waals surface area contributed by atoms with Gasteiger partial charge in [-0.1, -0.05) is 60.7 Å². The van der Waals surface area contributed by atoms with Crippen LogP contribution in [0.25, 0.3) is 0 Å². The number of aromatic nitrogens is 2. The number of ether oxygens (including phenoxy) is 2. The van der Waals surface area contributed by atoms with Crippen molar-refractivity contribution in [1.82, 2.24) is 14.5 Å². The van der Waals surface area contributed by atoms with Crippen LogP contribution in [0.1, 0.15) is 41.5 Å². The van der Waals surface area contributed by atoms with Gasteiger partial charge in [0.15, 0.2) is 5.82 Å². The van der Waals surface area contributed by atoms with Crippen LogP contribution in [0.3, 0.4) is 0 Å². The van der Waals surface area contributed by atoms with Gasteiger partial charge in [-0.15, -0.1) is 0 Å². The summed E-state index contributed by atoms with van der Waals surface area (Å²) in [5.74, 6) is -0.211. The standard InChI is InChI=1S/C26H29N3O4/c1-3-32-23(30)19-33-26(20-11-6-4-7-12-20,21-13-8-5-9-14-21)22-15-10-17-29(22)25(31)24-27-16-18-28(24)2/h4-9,11-14,16,18,22H,3,10,15,17,19H2,1-2H3/t22-/m0/s1. The van der Waals surface area contributed by atoms with Crippen LogP contribution in [0, 0.1) is 0 Å². The van der Waals surface area contributed by atoms with Crippen LogP contribution in [-0.4, -0.2) is 52.1 Å². The number of imidazole rings is 1. The van der Waals surface area contributed by atoms with Crippen molar-refractivity contribution in [2.75, 3.05) is 19.8 Å². The Bertz CT molecular complexity index is 1040. The summed E-state index contributed by atoms with van der Waals surface area (Å²) in [7, 11) is 1.81. The Kier molecular flexibility index (Phi) is 6.89. The zero-order valence-corrected chi connectivity index (χ0v) is 19.0. The molecule has 0 saturated carbocycles. The topological polar surface area (TPSA) is 73.7 Å². The maximum atomic E-state index is 13.6. The molecule has 2 heterocycles. The molecule has 33 heavy (non-hydrogen) atoms. The highest BCUT2D eigenvalue weighted by Gasteiger charge is 2.50. The van der Waals surface area contributed by atoms with E-state index in [0.717, 1.165) is 24.0 Å². The van der Waals surface area contributed by atoms with E-state index >= 15 is 0 Å². The van der Waals surface area contributed by atoms with Crippen LogP contribution in [-0.2, 0) is 26.9 Å². The molecule has 2 aromatic carbocycles. The second-order valence-electron chi connectivity index (χ2n) is 8.08. The lowest BCUT2D eigenvalue weighted by molar-refractivity contribution is -0.157. The lowest BCUT2D eigenvalue weighted by atomic mass is 9.78. The predicted molar refractivity (Wildman–Crippen MR) is 124 cm³/mol. The molecule has 0 aliphatic carbocycles. The summed E-state index contributed by atoms with van der Waals surface area (Å²) in [6.07, 6.45) is 4.93. The number of hydrogen-bond donors (Lipinski definition) is 0. The second kappa shape index (κ2) is 10.0. The first kappa shape index (κ1) is 22.7. The van der Waals surface area contributed by atoms with Crippen LogP contribution in [0.5, 0.6) is 0 Å². The molecule has 1 saturated heterocycles. The van der Waals surface area contributed by atoms with Crippen LogP contribution in [0.15, 0.2) is 73.1 Å². The summed E-state index contributed by atoms with van der Waals surface area (Å²) in [5, 5.41) is 0. The Hall–Kier alpha value is -3.45. The first-order chi connectivity index (χ1) is 16.1. The summed E-state index contributed by atoms with van der Waals surface area (Å²) in [4.78, 5) is 32.1. The SMILES string of the molecule is CCOC(=O)COC(c1ccccc1)(c1ccccc1)[C@@H]1CCCN1C(=O)c1nccn1C. The first-order valence-electron chi connectivity index (χ1n) is 11.3. The van der Waals surface area contributed by atoms with Crippen LogP contribution < -0.4 is 0 Å². The van der Waals surface area contributed by atoms with Crippen molar-refractivity contribution in [2.24, 2.45) is 7.05 Å². The molecule has 3 aromatic rings. The Morgan fingerprint density at radius 1 is 1.06 bits per heavy atom. The number of benzene rings is 2. The van der Waals surface area contributed by atoms with Gasteiger partial charge in [-0.3, -0.25) is 4.79 Å². The molecule has 7 nitrogen and oxygen atoms in total. The smallest absolute Gasteiger partial charge is 0.332 e. The number of carbonyl (C=O) groups excluding carboxylic acids is 2. The van der Waals surface area contributed by atoms with Gasteiger partial charge in [-0.25, -0.2) is 9.78 Å². The molecule has 0 spiro atoms. The van der Waals surface area contributed by atoms with E-state index < -0.39 is 11.6 Å². The minimum absolute atomic E-state index is 0.152. The first-order valence-corrected chi connectivity index (χ1v) is 11.3. The number of hydrogen-bond acceptors (Lipinski definition) is 5. The summed E-state index contributed by atoms with van der Waals surface area (Å²) < 4.78 is 13.4. The zero-order valence-electron chi connectivity index (χ0n) is 19.0. The lowest BCUT2D eigenvalue weighted by Gasteiger charge is -2.43. The molecule has 172 valence electrons. The van der Waals surface area contributed by atoms with Crippen molar-refractivity contribution in [1.29, 1.82) is 0 Å². The lowest BCUT2D eigenvalue weighted by Crippen LogP contribution is -2.53. The molecule has 7 heteroatoms. The van der Waals surface area contributed by atoms with E-state index in [1.807, 2.05) is 72.6 Å². The van der Waals surface area contributed by atoms with Gasteiger partial charge in [-0.2, -0.15) is 0 Å². The van der Waals surface area contributed by atoms with Crippen LogP contribution in [0.4, 0.5) is 0 Å². The van der Waals surface area contributed by atoms with Gasteiger partial charge in [0, 0.05) is 26.0 Å². The van der Waals surface area contributed by atoms with Crippen molar-refractivity contribution in [2.45, 2.75) is 31.4 Å². The molecule has 1 atom stereocenters. The molecule has 0 bridgehead atoms. The number of nitrogens with zero attached hydrogens (tertiary/aromatic N) is 3. The molecule has 1 amide bonds. The van der Waals surface area contributed by atoms with Crippen molar-refractivity contribution in [3.8, 4) is 0 Å². The monoisotopic (exact) mass is 447 g/mol. The molecule has 1 aliphatic rings. The summed E-state index contributed by atoms with van der Waals surface area (Å²) in [6, 6.07) is 19.3. The van der Waals surface area contributed by atoms with Crippen molar-refractivity contribution >= 4 is 11.9 Å². The summed E-state index contributed by atoms with van der Waals surface area (Å²) in [6.45, 7) is 2.40. The largest absolute Gasteiger partial charge is 0.464 e. The maximum absolute atomic E-state index is 13.6. The van der Waals surface area contributed by atoms with Crippen molar-refractivity contribution < 1.29 is 19.1 Å². The van der Waals surface area contributed by atoms with E-state index in [9.17, 15) is 9.59 Å². The van der Waals surface area contributed by atoms with E-state index in [-0.39, 0.29) is 25.2 Å². The average Bonchev–Trinajstić information content (AvgIpc) is 3.50. The number of amides is 1. The van der Waals surface area contributed by atoms with Gasteiger partial charge in [-0.05, 0) is 30.9 Å². The predicted octanol–water partition coefficient (Wildman–Crippen LogP) is 3.55. The van der Waals surface area contributed by atoms with Crippen LogP contribution >= 0.6 is 0 Å². The molecule has 0 N–H and O–H groups in total. The molecular weight excluding hydrogens is 418 g/mol. The van der Waals surface area contributed by atoms with Gasteiger partial charge < -0.3 is 18.9 Å². The summed E-state index contributed by atoms with van der Waals surface area (Å²) in [5.41, 5.74) is 0.710. The molecular formula is C26H29N3O4. The Labute approximate surface area is 194 Å². The highest BCUT2D eigenvalue weighted by molar-refractivity contribution is 5.91. The minimum Gasteiger partial charge on any atom is -0.464 e. The number of esters is 1. The number of aryl methyl sites for hydroxylation is 1. The maximum Gasteiger partial charge on any atom is 0.332 e. The second-order valence-corrected chi connectivity index (χ2v) is 8.08. The fourth-order valence-electron chi connectivity index (χ4n) is 4.69. The highest BCUT2D eigenvalue weighted by Crippen LogP contribution is 2.44. The van der Waals surface area contributed by atoms with Gasteiger partial charge in [0.05, 0.1) is 12.6 Å². The van der Waals surface area contributed by atoms with Gasteiger partial charge in [0.2, 0.25) is 0 Å². The molecule has 0 radical (unpaired) electrons. The average molecular weight is 448 g/mol. The number of likely N-dealkylation sites (tertiary alicyclic amines) is 1. The minimum atomic E-state index is -1.05. The van der Waals surface area contributed by atoms with E-state index in [0.29, 0.717) is 12.4 Å². The fraction of sp³-hybridized carbons (Fsp3) is 0.346. The fourth-order valence-corrected chi connectivity index (χ4v) is 4.69. The van der Waals surface area contributed by atoms with Gasteiger partial charge >= 0.3 is 5.97 Å². The molecule has 0 unspecified atom stereocenters. The Morgan fingerprint density at radius 2 is 1.70 bits per heavy atom. The molecule has 1 aliphatic heterocycles. The molecule has 1 aromatic heterocycles. The zero-order chi connectivity index (χ0) is 23.3. The highest BCUT2D eigenvalue weighted by atomic mass is 16.6. The van der Waals surface area contributed by atoms with Crippen molar-refractivity contribution in [3.63, 3.8) is 0 Å². The Balaban J connectivity index is 1.84. The molecule has 4 rings (SSSR count). The van der Waals surface area contributed by atoms with Crippen molar-refractivity contribution in [3.05, 3.63) is 90.0 Å². The van der Waals surface area contributed by atoms with Gasteiger partial charge in [0.25, 0.3) is 5.91 Å². The normalized spacial score (nSPS) is 16.1. The van der Waals surface area contributed by atoms with E-state index in [1.165, 1.54) is 0 Å². The quantitative estimate of drug-likeness (QED) is 0.494. The van der Waals surface area contributed by atoms with Crippen LogP contribution in [0.2, 0.25) is 0 Å². The third-order valence-electron chi connectivity index (χ3n) is 6.12. The van der Waals surface area contributed by atoms with E-state index in [1.54, 1.807) is 23.9 Å². The van der Waals surface area contributed by atoms with E-state index in [2.05, 4.69) is 4.98 Å². The number of carbonyl (C=O) groups is 2. The molecule has 1 fully saturated rings. The number of rotatable bonds is 8. The summed E-state index contributed by atoms with van der Waals surface area (Å²) >= 11 is 0. The Morgan fingerprint density at radius 3 is 2.24 bits per heavy atom. The third kappa shape index (κ3) is 4.41. The third-order valence-corrected chi connectivity index (χ3v) is 6.12. The van der Waals surface area contributed by atoms with Gasteiger partial charge in [0.1, 0.15) is 12.2 Å². The van der Waals surface area contributed by atoms with E-state index in [4.69, 9.17) is 9.47 Å².